The number of carbonyl (C=O) groups is 1. The van der Waals surface area contributed by atoms with Gasteiger partial charge >= 0.3 is 0 Å². The smallest absolute Gasteiger partial charge is 0.229 e. The summed E-state index contributed by atoms with van der Waals surface area (Å²) in [5.41, 5.74) is -0.330. The van der Waals surface area contributed by atoms with Gasteiger partial charge in [-0.25, -0.2) is 0 Å². The normalized spacial score (nSPS) is 37.1. The predicted molar refractivity (Wildman–Crippen MR) is 116 cm³/mol. The molecule has 0 saturated carbocycles. The molecule has 2 aliphatic rings. The van der Waals surface area contributed by atoms with E-state index in [-0.39, 0.29) is 17.1 Å². The lowest BCUT2D eigenvalue weighted by Crippen LogP contribution is -2.60. The average molecular weight is 520 g/mol. The van der Waals surface area contributed by atoms with Crippen LogP contribution in [0.25, 0.3) is 0 Å². The van der Waals surface area contributed by atoms with Gasteiger partial charge in [-0.2, -0.15) is 0 Å². The highest BCUT2D eigenvalue weighted by molar-refractivity contribution is 6.02. The van der Waals surface area contributed by atoms with Crippen LogP contribution in [-0.4, -0.2) is 126 Å². The Kier molecular flexibility index (Phi) is 9.11. The molecule has 36 heavy (non-hydrogen) atoms. The zero-order valence-electron chi connectivity index (χ0n) is 19.5. The lowest BCUT2D eigenvalue weighted by Gasteiger charge is -2.40. The van der Waals surface area contributed by atoms with Gasteiger partial charge in [0.15, 0.2) is 5.78 Å². The molecule has 1 aromatic rings. The van der Waals surface area contributed by atoms with Gasteiger partial charge in [-0.15, -0.1) is 0 Å². The number of phenolic OH excluding ortho intramolecular Hbond substituents is 1. The molecule has 0 unspecified atom stereocenters. The molecule has 2 heterocycles. The standard InChI is InChI=1S/C22H32O14/c1-7(2)14(26)13-9(25)3-8(33-21-19(31)17(29)15(27)11(5-23)35-21)4-10(13)34-22-20(32)18(30)16(28)12(6-24)36-22/h3-4,7,11-12,15-25,27-32H,5-6H2,1-2H3/t11-,12-,15-,16-,17+,18+,19-,20-,21-,22-/m1/s1. The molecule has 2 saturated heterocycles. The summed E-state index contributed by atoms with van der Waals surface area (Å²) in [6.45, 7) is 1.67. The van der Waals surface area contributed by atoms with Gasteiger partial charge in [-0.3, -0.25) is 4.79 Å². The third-order valence-corrected chi connectivity index (χ3v) is 6.02. The molecule has 0 aliphatic carbocycles. The third kappa shape index (κ3) is 5.57. The molecule has 0 amide bonds. The summed E-state index contributed by atoms with van der Waals surface area (Å²) >= 11 is 0. The van der Waals surface area contributed by atoms with E-state index in [1.54, 1.807) is 13.8 Å². The molecule has 10 atom stereocenters. The van der Waals surface area contributed by atoms with Crippen LogP contribution in [0.1, 0.15) is 24.2 Å². The first-order valence-corrected chi connectivity index (χ1v) is 11.3. The van der Waals surface area contributed by atoms with Crippen molar-refractivity contribution in [2.24, 2.45) is 5.92 Å². The van der Waals surface area contributed by atoms with Crippen LogP contribution < -0.4 is 9.47 Å². The zero-order valence-corrected chi connectivity index (χ0v) is 19.5. The molecule has 0 radical (unpaired) electrons. The molecule has 9 N–H and O–H groups in total. The first kappa shape index (κ1) is 28.5. The minimum absolute atomic E-state index is 0.253. The fourth-order valence-corrected chi connectivity index (χ4v) is 3.86. The van der Waals surface area contributed by atoms with Gasteiger partial charge in [0.1, 0.15) is 71.6 Å². The SMILES string of the molecule is CC(C)C(=O)c1c(O)cc(O[C@@H]2O[C@H](CO)[C@@H](O)[C@H](O)[C@H]2O)cc1O[C@@H]1O[C@H](CO)[C@@H](O)[C@H](O)[C@H]1O. The molecule has 3 rings (SSSR count). The summed E-state index contributed by atoms with van der Waals surface area (Å²) in [6.07, 6.45) is -16.3. The molecule has 204 valence electrons. The van der Waals surface area contributed by atoms with Crippen molar-refractivity contribution in [3.8, 4) is 17.2 Å². The lowest BCUT2D eigenvalue weighted by atomic mass is 9.97. The second-order valence-electron chi connectivity index (χ2n) is 8.96. The van der Waals surface area contributed by atoms with Crippen molar-refractivity contribution in [3.05, 3.63) is 17.7 Å². The molecule has 0 bridgehead atoms. The Morgan fingerprint density at radius 3 is 1.72 bits per heavy atom. The number of phenols is 1. The number of hydrogen-bond acceptors (Lipinski definition) is 14. The van der Waals surface area contributed by atoms with Crippen molar-refractivity contribution >= 4 is 5.78 Å². The molecule has 0 spiro atoms. The molecule has 2 aliphatic heterocycles. The van der Waals surface area contributed by atoms with Crippen LogP contribution >= 0.6 is 0 Å². The molecule has 2 fully saturated rings. The second-order valence-corrected chi connectivity index (χ2v) is 8.96. The molecule has 1 aromatic carbocycles. The summed E-state index contributed by atoms with van der Waals surface area (Å²) in [4.78, 5) is 12.8. The lowest BCUT2D eigenvalue weighted by molar-refractivity contribution is -0.278. The van der Waals surface area contributed by atoms with Gasteiger partial charge in [0.25, 0.3) is 0 Å². The van der Waals surface area contributed by atoms with E-state index < -0.39 is 92.1 Å². The summed E-state index contributed by atoms with van der Waals surface area (Å²) in [5, 5.41) is 89.8. The van der Waals surface area contributed by atoms with Gasteiger partial charge in [0.2, 0.25) is 12.6 Å². The number of Topliss-reactive ketones (excluding diaryl/α,β-unsaturated/α-hetero) is 1. The van der Waals surface area contributed by atoms with Crippen molar-refractivity contribution in [1.82, 2.24) is 0 Å². The van der Waals surface area contributed by atoms with Crippen LogP contribution in [0.5, 0.6) is 17.2 Å². The van der Waals surface area contributed by atoms with Gasteiger partial charge < -0.3 is 64.9 Å². The van der Waals surface area contributed by atoms with E-state index >= 15 is 0 Å². The Labute approximate surface area is 205 Å². The minimum Gasteiger partial charge on any atom is -0.507 e. The van der Waals surface area contributed by atoms with Crippen molar-refractivity contribution < 1.29 is 69.7 Å². The van der Waals surface area contributed by atoms with Crippen LogP contribution in [0.4, 0.5) is 0 Å². The van der Waals surface area contributed by atoms with Crippen LogP contribution in [0.15, 0.2) is 12.1 Å². The molecular weight excluding hydrogens is 488 g/mol. The predicted octanol–water partition coefficient (Wildman–Crippen LogP) is -3.41. The van der Waals surface area contributed by atoms with E-state index in [2.05, 4.69) is 0 Å². The van der Waals surface area contributed by atoms with E-state index in [9.17, 15) is 50.8 Å². The topological polar surface area (TPSA) is 236 Å². The quantitative estimate of drug-likeness (QED) is 0.152. The molecule has 0 aromatic heterocycles. The molecule has 14 nitrogen and oxygen atoms in total. The highest BCUT2D eigenvalue weighted by Crippen LogP contribution is 2.38. The Bertz CT molecular complexity index is 905. The number of aromatic hydroxyl groups is 1. The van der Waals surface area contributed by atoms with E-state index in [4.69, 9.17) is 18.9 Å². The maximum absolute atomic E-state index is 12.8. The number of carbonyl (C=O) groups excluding carboxylic acids is 1. The number of benzene rings is 1. The largest absolute Gasteiger partial charge is 0.507 e. The summed E-state index contributed by atoms with van der Waals surface area (Å²) in [5.74, 6) is -2.46. The van der Waals surface area contributed by atoms with Crippen LogP contribution in [0.3, 0.4) is 0 Å². The number of rotatable bonds is 8. The van der Waals surface area contributed by atoms with Gasteiger partial charge in [0.05, 0.1) is 13.2 Å². The maximum atomic E-state index is 12.8. The first-order valence-electron chi connectivity index (χ1n) is 11.3. The number of ether oxygens (including phenoxy) is 4. The fourth-order valence-electron chi connectivity index (χ4n) is 3.86. The average Bonchev–Trinajstić information content (AvgIpc) is 2.84. The van der Waals surface area contributed by atoms with Gasteiger partial charge in [-0.1, -0.05) is 13.8 Å². The van der Waals surface area contributed by atoms with Gasteiger partial charge in [0, 0.05) is 18.1 Å². The molecule has 14 heteroatoms. The molecular formula is C22H32O14. The van der Waals surface area contributed by atoms with Crippen LogP contribution in [0.2, 0.25) is 0 Å². The van der Waals surface area contributed by atoms with Gasteiger partial charge in [-0.05, 0) is 0 Å². The third-order valence-electron chi connectivity index (χ3n) is 6.02. The van der Waals surface area contributed by atoms with Crippen LogP contribution in [0, 0.1) is 5.92 Å². The Balaban J connectivity index is 1.95. The van der Waals surface area contributed by atoms with Crippen LogP contribution in [-0.2, 0) is 9.47 Å². The minimum atomic E-state index is -1.82. The summed E-state index contributed by atoms with van der Waals surface area (Å²) in [7, 11) is 0. The maximum Gasteiger partial charge on any atom is 0.229 e. The zero-order chi connectivity index (χ0) is 26.9. The van der Waals surface area contributed by atoms with E-state index in [1.807, 2.05) is 0 Å². The fraction of sp³-hybridized carbons (Fsp3) is 0.682. The summed E-state index contributed by atoms with van der Waals surface area (Å²) in [6, 6.07) is 2.08. The van der Waals surface area contributed by atoms with Crippen molar-refractivity contribution in [2.75, 3.05) is 13.2 Å². The number of hydrogen-bond donors (Lipinski definition) is 9. The number of ketones is 1. The summed E-state index contributed by atoms with van der Waals surface area (Å²) < 4.78 is 21.7. The Morgan fingerprint density at radius 1 is 0.806 bits per heavy atom. The van der Waals surface area contributed by atoms with E-state index in [0.717, 1.165) is 12.1 Å². The van der Waals surface area contributed by atoms with E-state index in [1.165, 1.54) is 0 Å². The monoisotopic (exact) mass is 520 g/mol. The van der Waals surface area contributed by atoms with Crippen molar-refractivity contribution in [1.29, 1.82) is 0 Å². The van der Waals surface area contributed by atoms with E-state index in [0.29, 0.717) is 0 Å². The number of aliphatic hydroxyl groups is 8. The first-order chi connectivity index (χ1) is 16.9. The number of aliphatic hydroxyl groups excluding tert-OH is 8. The second kappa shape index (κ2) is 11.5. The Morgan fingerprint density at radius 2 is 1.28 bits per heavy atom. The van der Waals surface area contributed by atoms with Crippen molar-refractivity contribution in [3.63, 3.8) is 0 Å². The Hall–Kier alpha value is -2.11. The highest BCUT2D eigenvalue weighted by atomic mass is 16.7. The highest BCUT2D eigenvalue weighted by Gasteiger charge is 2.46. The van der Waals surface area contributed by atoms with Crippen molar-refractivity contribution in [2.45, 2.75) is 75.3 Å².